The summed E-state index contributed by atoms with van der Waals surface area (Å²) in [6.45, 7) is 0.429. The minimum Gasteiger partial charge on any atom is -0.282 e. The van der Waals surface area contributed by atoms with Crippen molar-refractivity contribution in [3.05, 3.63) is 35.9 Å². The van der Waals surface area contributed by atoms with Gasteiger partial charge in [0.05, 0.1) is 0 Å². The molecule has 0 amide bonds. The minimum atomic E-state index is -3.53. The fourth-order valence-corrected chi connectivity index (χ4v) is 2.35. The van der Waals surface area contributed by atoms with Crippen molar-refractivity contribution in [3.8, 4) is 0 Å². The van der Waals surface area contributed by atoms with E-state index in [1.807, 2.05) is 0 Å². The summed E-state index contributed by atoms with van der Waals surface area (Å²) in [6.07, 6.45) is -5.14. The second-order valence-corrected chi connectivity index (χ2v) is 5.62. The van der Waals surface area contributed by atoms with Crippen LogP contribution in [-0.2, 0) is 0 Å². The third kappa shape index (κ3) is 5.94. The molecule has 6 heteroatoms. The van der Waals surface area contributed by atoms with E-state index in [-0.39, 0.29) is 17.3 Å². The Hall–Kier alpha value is -1.04. The third-order valence-corrected chi connectivity index (χ3v) is 3.62. The van der Waals surface area contributed by atoms with Crippen LogP contribution in [0, 0.1) is 0 Å². The Bertz CT molecular complexity index is 419. The predicted octanol–water partition coefficient (Wildman–Crippen LogP) is 4.67. The Morgan fingerprint density at radius 3 is 2.40 bits per heavy atom. The summed E-state index contributed by atoms with van der Waals surface area (Å²) in [7, 11) is 0. The van der Waals surface area contributed by atoms with E-state index < -0.39 is 24.7 Å². The Labute approximate surface area is 119 Å². The second-order valence-electron chi connectivity index (χ2n) is 4.55. The molecule has 20 heavy (non-hydrogen) atoms. The van der Waals surface area contributed by atoms with E-state index in [0.29, 0.717) is 12.5 Å². The van der Waals surface area contributed by atoms with Gasteiger partial charge in [-0.2, -0.15) is 0 Å². The van der Waals surface area contributed by atoms with Crippen molar-refractivity contribution < 1.29 is 22.4 Å². The molecule has 112 valence electrons. The zero-order valence-corrected chi connectivity index (χ0v) is 11.8. The van der Waals surface area contributed by atoms with Crippen LogP contribution in [0.3, 0.4) is 0 Å². The molecule has 0 aliphatic heterocycles. The van der Waals surface area contributed by atoms with Gasteiger partial charge in [0.2, 0.25) is 5.12 Å². The smallest absolute Gasteiger partial charge is 0.276 e. The number of thioether (sulfide) groups is 1. The molecule has 1 aromatic carbocycles. The van der Waals surface area contributed by atoms with Crippen LogP contribution in [0.5, 0.6) is 0 Å². The number of carbonyl (C=O) groups excluding carboxylic acids is 1. The van der Waals surface area contributed by atoms with Gasteiger partial charge in [0.1, 0.15) is 6.17 Å². The van der Waals surface area contributed by atoms with Gasteiger partial charge in [0.25, 0.3) is 5.92 Å². The molecule has 0 aliphatic carbocycles. The molecule has 0 saturated heterocycles. The van der Waals surface area contributed by atoms with Crippen molar-refractivity contribution in [3.63, 3.8) is 0 Å². The molecule has 1 aromatic rings. The molecule has 1 rings (SSSR count). The lowest BCUT2D eigenvalue weighted by molar-refractivity contribution is -0.0651. The van der Waals surface area contributed by atoms with Crippen molar-refractivity contribution in [1.29, 1.82) is 0 Å². The van der Waals surface area contributed by atoms with E-state index in [1.54, 1.807) is 30.3 Å². The van der Waals surface area contributed by atoms with Gasteiger partial charge in [-0.1, -0.05) is 42.1 Å². The molecule has 0 bridgehead atoms. The largest absolute Gasteiger partial charge is 0.282 e. The highest BCUT2D eigenvalue weighted by atomic mass is 32.2. The highest BCUT2D eigenvalue weighted by Gasteiger charge is 2.35. The fourth-order valence-electron chi connectivity index (χ4n) is 1.49. The zero-order valence-electron chi connectivity index (χ0n) is 11.0. The molecule has 2 unspecified atom stereocenters. The van der Waals surface area contributed by atoms with E-state index in [9.17, 15) is 22.4 Å². The van der Waals surface area contributed by atoms with Gasteiger partial charge in [-0.3, -0.25) is 4.79 Å². The summed E-state index contributed by atoms with van der Waals surface area (Å²) in [5, 5.41) is -0.213. The SMILES string of the molecule is CC(F)(F)C(F)CC(F)CCSC(=O)c1ccccc1. The molecule has 2 atom stereocenters. The Balaban J connectivity index is 2.29. The van der Waals surface area contributed by atoms with Crippen molar-refractivity contribution in [2.45, 2.75) is 38.0 Å². The van der Waals surface area contributed by atoms with Gasteiger partial charge in [-0.05, 0) is 6.42 Å². The summed E-state index contributed by atoms with van der Waals surface area (Å²) in [4.78, 5) is 11.7. The van der Waals surface area contributed by atoms with Crippen LogP contribution in [0.2, 0.25) is 0 Å². The molecular formula is C14H16F4OS. The lowest BCUT2D eigenvalue weighted by atomic mass is 10.1. The first kappa shape index (κ1) is 17.0. The average molecular weight is 308 g/mol. The first-order valence-corrected chi connectivity index (χ1v) is 7.17. The second kappa shape index (κ2) is 7.67. The molecule has 0 saturated carbocycles. The van der Waals surface area contributed by atoms with Crippen molar-refractivity contribution in [2.24, 2.45) is 0 Å². The van der Waals surface area contributed by atoms with Gasteiger partial charge in [-0.15, -0.1) is 0 Å². The zero-order chi connectivity index (χ0) is 15.2. The van der Waals surface area contributed by atoms with Crippen molar-refractivity contribution in [1.82, 2.24) is 0 Å². The lowest BCUT2D eigenvalue weighted by Gasteiger charge is -2.17. The van der Waals surface area contributed by atoms with Gasteiger partial charge >= 0.3 is 0 Å². The maximum atomic E-state index is 13.3. The number of alkyl halides is 4. The summed E-state index contributed by atoms with van der Waals surface area (Å²) in [6, 6.07) is 8.46. The van der Waals surface area contributed by atoms with Gasteiger partial charge in [0, 0.05) is 24.7 Å². The van der Waals surface area contributed by atoms with Gasteiger partial charge in [-0.25, -0.2) is 17.6 Å². The molecule has 0 heterocycles. The maximum Gasteiger partial charge on any atom is 0.276 e. The monoisotopic (exact) mass is 308 g/mol. The van der Waals surface area contributed by atoms with Crippen LogP contribution in [0.4, 0.5) is 17.6 Å². The molecule has 0 aliphatic rings. The predicted molar refractivity (Wildman–Crippen MR) is 72.9 cm³/mol. The van der Waals surface area contributed by atoms with E-state index in [2.05, 4.69) is 0 Å². The first-order chi connectivity index (χ1) is 9.30. The summed E-state index contributed by atoms with van der Waals surface area (Å²) < 4.78 is 51.4. The maximum absolute atomic E-state index is 13.3. The van der Waals surface area contributed by atoms with E-state index >= 15 is 0 Å². The van der Waals surface area contributed by atoms with Crippen LogP contribution in [-0.4, -0.2) is 29.1 Å². The lowest BCUT2D eigenvalue weighted by Crippen LogP contribution is -2.29. The average Bonchev–Trinajstić information content (AvgIpc) is 2.38. The topological polar surface area (TPSA) is 17.1 Å². The third-order valence-electron chi connectivity index (χ3n) is 2.69. The van der Waals surface area contributed by atoms with Crippen LogP contribution in [0.15, 0.2) is 30.3 Å². The molecule has 1 nitrogen and oxygen atoms in total. The Morgan fingerprint density at radius 1 is 1.25 bits per heavy atom. The van der Waals surface area contributed by atoms with Crippen molar-refractivity contribution >= 4 is 16.9 Å². The molecule has 0 spiro atoms. The number of rotatable bonds is 7. The quantitative estimate of drug-likeness (QED) is 0.681. The Kier molecular flexibility index (Phi) is 6.52. The molecule has 0 fully saturated rings. The fraction of sp³-hybridized carbons (Fsp3) is 0.500. The number of hydrogen-bond donors (Lipinski definition) is 0. The van der Waals surface area contributed by atoms with E-state index in [1.165, 1.54) is 0 Å². The summed E-state index contributed by atoms with van der Waals surface area (Å²) in [5.74, 6) is -3.39. The summed E-state index contributed by atoms with van der Waals surface area (Å²) in [5.41, 5.74) is 0.497. The number of halogens is 4. The van der Waals surface area contributed by atoms with Crippen LogP contribution >= 0.6 is 11.8 Å². The Morgan fingerprint density at radius 2 is 1.85 bits per heavy atom. The highest BCUT2D eigenvalue weighted by Crippen LogP contribution is 2.26. The van der Waals surface area contributed by atoms with Gasteiger partial charge < -0.3 is 0 Å². The molecule has 0 aromatic heterocycles. The van der Waals surface area contributed by atoms with Gasteiger partial charge in [0.15, 0.2) is 6.17 Å². The highest BCUT2D eigenvalue weighted by molar-refractivity contribution is 8.14. The van der Waals surface area contributed by atoms with Crippen LogP contribution < -0.4 is 0 Å². The molecule has 0 N–H and O–H groups in total. The first-order valence-electron chi connectivity index (χ1n) is 6.19. The number of benzene rings is 1. The molecular weight excluding hydrogens is 292 g/mol. The van der Waals surface area contributed by atoms with Crippen LogP contribution in [0.1, 0.15) is 30.1 Å². The number of carbonyl (C=O) groups is 1. The van der Waals surface area contributed by atoms with E-state index in [0.717, 1.165) is 11.8 Å². The number of hydrogen-bond acceptors (Lipinski definition) is 2. The minimum absolute atomic E-state index is 0.125. The van der Waals surface area contributed by atoms with Crippen LogP contribution in [0.25, 0.3) is 0 Å². The van der Waals surface area contributed by atoms with E-state index in [4.69, 9.17) is 0 Å². The normalized spacial score (nSPS) is 14.8. The standard InChI is InChI=1S/C14H16F4OS/c1-14(17,18)12(16)9-11(15)7-8-20-13(19)10-5-3-2-4-6-10/h2-6,11-12H,7-9H2,1H3. The molecule has 0 radical (unpaired) electrons. The summed E-state index contributed by atoms with van der Waals surface area (Å²) >= 11 is 0.904. The van der Waals surface area contributed by atoms with Crippen molar-refractivity contribution in [2.75, 3.05) is 5.75 Å².